The van der Waals surface area contributed by atoms with E-state index in [1.165, 1.54) is 5.56 Å². The van der Waals surface area contributed by atoms with E-state index in [4.69, 9.17) is 10.8 Å². The molecule has 2 atom stereocenters. The van der Waals surface area contributed by atoms with Gasteiger partial charge in [0.2, 0.25) is 5.91 Å². The van der Waals surface area contributed by atoms with Crippen molar-refractivity contribution in [3.63, 3.8) is 0 Å². The van der Waals surface area contributed by atoms with Crippen molar-refractivity contribution in [2.75, 3.05) is 5.32 Å². The first-order valence-electron chi connectivity index (χ1n) is 6.32. The summed E-state index contributed by atoms with van der Waals surface area (Å²) in [7, 11) is 0. The zero-order valence-electron chi connectivity index (χ0n) is 11.2. The van der Waals surface area contributed by atoms with Crippen LogP contribution in [0.25, 0.3) is 0 Å². The fourth-order valence-corrected chi connectivity index (χ4v) is 1.65. The molecule has 0 heterocycles. The summed E-state index contributed by atoms with van der Waals surface area (Å²) in [6.07, 6.45) is 0.673. The maximum absolute atomic E-state index is 11.6. The topological polar surface area (TPSA) is 92.4 Å². The highest BCUT2D eigenvalue weighted by Crippen LogP contribution is 2.20. The van der Waals surface area contributed by atoms with Gasteiger partial charge in [0.05, 0.1) is 12.5 Å². The Morgan fingerprint density at radius 1 is 1.32 bits per heavy atom. The monoisotopic (exact) mass is 264 g/mol. The van der Waals surface area contributed by atoms with Crippen LogP contribution in [0.5, 0.6) is 0 Å². The van der Waals surface area contributed by atoms with Crippen LogP contribution in [-0.4, -0.2) is 23.0 Å². The number of hydrogen-bond donors (Lipinski definition) is 3. The Labute approximate surface area is 112 Å². The standard InChI is InChI=1S/C14H20N2O3/c1-3-9(2)10-4-6-11(7-5-10)16-14(19)12(15)8-13(17)18/h4-7,9,12H,3,8,15H2,1-2H3,(H,16,19)(H,17,18). The van der Waals surface area contributed by atoms with Gasteiger partial charge in [0.25, 0.3) is 0 Å². The maximum atomic E-state index is 11.6. The predicted molar refractivity (Wildman–Crippen MR) is 74.0 cm³/mol. The van der Waals surface area contributed by atoms with Gasteiger partial charge in [-0.15, -0.1) is 0 Å². The summed E-state index contributed by atoms with van der Waals surface area (Å²) in [6.45, 7) is 4.25. The Morgan fingerprint density at radius 2 is 1.89 bits per heavy atom. The van der Waals surface area contributed by atoms with Gasteiger partial charge in [-0.1, -0.05) is 26.0 Å². The zero-order valence-corrected chi connectivity index (χ0v) is 11.2. The minimum absolute atomic E-state index is 0.378. The van der Waals surface area contributed by atoms with Crippen LogP contribution >= 0.6 is 0 Å². The van der Waals surface area contributed by atoms with Crippen LogP contribution in [0.4, 0.5) is 5.69 Å². The van der Waals surface area contributed by atoms with Crippen molar-refractivity contribution in [3.05, 3.63) is 29.8 Å². The molecule has 1 aromatic rings. The number of carbonyl (C=O) groups excluding carboxylic acids is 1. The van der Waals surface area contributed by atoms with Crippen molar-refractivity contribution in [1.29, 1.82) is 0 Å². The number of benzene rings is 1. The first-order chi connectivity index (χ1) is 8.93. The lowest BCUT2D eigenvalue weighted by molar-refractivity contribution is -0.138. The van der Waals surface area contributed by atoms with Crippen LogP contribution in [0.1, 0.15) is 38.2 Å². The van der Waals surface area contributed by atoms with Gasteiger partial charge in [-0.2, -0.15) is 0 Å². The molecule has 0 aromatic heterocycles. The van der Waals surface area contributed by atoms with Gasteiger partial charge in [0.1, 0.15) is 0 Å². The number of aliphatic carboxylic acids is 1. The molecule has 5 heteroatoms. The van der Waals surface area contributed by atoms with E-state index >= 15 is 0 Å². The third-order valence-electron chi connectivity index (χ3n) is 3.09. The number of hydrogen-bond acceptors (Lipinski definition) is 3. The van der Waals surface area contributed by atoms with E-state index in [-0.39, 0.29) is 6.42 Å². The molecule has 0 aliphatic heterocycles. The Bertz CT molecular complexity index is 443. The molecule has 0 fully saturated rings. The number of rotatable bonds is 6. The smallest absolute Gasteiger partial charge is 0.305 e. The average molecular weight is 264 g/mol. The third kappa shape index (κ3) is 4.71. The van der Waals surface area contributed by atoms with Crippen molar-refractivity contribution in [2.24, 2.45) is 5.73 Å². The summed E-state index contributed by atoms with van der Waals surface area (Å²) < 4.78 is 0. The van der Waals surface area contributed by atoms with Crippen molar-refractivity contribution in [1.82, 2.24) is 0 Å². The number of nitrogens with two attached hydrogens (primary N) is 1. The molecule has 1 amide bonds. The average Bonchev–Trinajstić information content (AvgIpc) is 2.37. The van der Waals surface area contributed by atoms with E-state index in [0.717, 1.165) is 6.42 Å². The fraction of sp³-hybridized carbons (Fsp3) is 0.429. The Balaban J connectivity index is 2.62. The lowest BCUT2D eigenvalue weighted by atomic mass is 9.98. The Morgan fingerprint density at radius 3 is 2.37 bits per heavy atom. The molecule has 0 spiro atoms. The van der Waals surface area contributed by atoms with Gasteiger partial charge in [-0.25, -0.2) is 0 Å². The molecule has 5 nitrogen and oxygen atoms in total. The highest BCUT2D eigenvalue weighted by Gasteiger charge is 2.17. The van der Waals surface area contributed by atoms with Crippen molar-refractivity contribution in [2.45, 2.75) is 38.6 Å². The molecule has 1 rings (SSSR count). The molecule has 0 radical (unpaired) electrons. The first kappa shape index (κ1) is 15.2. The van der Waals surface area contributed by atoms with E-state index in [9.17, 15) is 9.59 Å². The molecule has 4 N–H and O–H groups in total. The summed E-state index contributed by atoms with van der Waals surface area (Å²) in [4.78, 5) is 22.1. The van der Waals surface area contributed by atoms with Gasteiger partial charge < -0.3 is 16.2 Å². The summed E-state index contributed by atoms with van der Waals surface area (Å²) in [5, 5.41) is 11.2. The zero-order chi connectivity index (χ0) is 14.4. The lowest BCUT2D eigenvalue weighted by Gasteiger charge is -2.12. The van der Waals surface area contributed by atoms with E-state index in [0.29, 0.717) is 11.6 Å². The molecule has 0 aliphatic carbocycles. The minimum Gasteiger partial charge on any atom is -0.481 e. The molecular formula is C14H20N2O3. The van der Waals surface area contributed by atoms with E-state index in [1.54, 1.807) is 12.1 Å². The molecule has 0 saturated heterocycles. The van der Waals surface area contributed by atoms with Crippen molar-refractivity contribution < 1.29 is 14.7 Å². The van der Waals surface area contributed by atoms with Gasteiger partial charge in [0, 0.05) is 5.69 Å². The second kappa shape index (κ2) is 6.89. The fourth-order valence-electron chi connectivity index (χ4n) is 1.65. The number of carbonyl (C=O) groups is 2. The summed E-state index contributed by atoms with van der Waals surface area (Å²) in [5.74, 6) is -1.10. The quantitative estimate of drug-likeness (QED) is 0.732. The number of carboxylic acid groups (broad SMARTS) is 1. The van der Waals surface area contributed by atoms with Crippen LogP contribution in [-0.2, 0) is 9.59 Å². The maximum Gasteiger partial charge on any atom is 0.305 e. The van der Waals surface area contributed by atoms with Crippen LogP contribution in [0.2, 0.25) is 0 Å². The van der Waals surface area contributed by atoms with Crippen LogP contribution in [0.15, 0.2) is 24.3 Å². The number of anilines is 1. The molecule has 0 bridgehead atoms. The lowest BCUT2D eigenvalue weighted by Crippen LogP contribution is -2.37. The second-order valence-electron chi connectivity index (χ2n) is 4.62. The highest BCUT2D eigenvalue weighted by atomic mass is 16.4. The number of amides is 1. The normalized spacial score (nSPS) is 13.6. The van der Waals surface area contributed by atoms with Crippen LogP contribution in [0, 0.1) is 0 Å². The number of carboxylic acids is 1. The molecule has 104 valence electrons. The largest absolute Gasteiger partial charge is 0.481 e. The van der Waals surface area contributed by atoms with Gasteiger partial charge in [-0.3, -0.25) is 9.59 Å². The van der Waals surface area contributed by atoms with Crippen LogP contribution < -0.4 is 11.1 Å². The molecule has 1 aromatic carbocycles. The SMILES string of the molecule is CCC(C)c1ccc(NC(=O)C(N)CC(=O)O)cc1. The van der Waals surface area contributed by atoms with E-state index in [2.05, 4.69) is 19.2 Å². The van der Waals surface area contributed by atoms with E-state index in [1.807, 2.05) is 12.1 Å². The van der Waals surface area contributed by atoms with Gasteiger partial charge >= 0.3 is 5.97 Å². The molecular weight excluding hydrogens is 244 g/mol. The minimum atomic E-state index is -1.09. The summed E-state index contributed by atoms with van der Waals surface area (Å²) in [5.41, 5.74) is 7.30. The highest BCUT2D eigenvalue weighted by molar-refractivity contribution is 5.96. The van der Waals surface area contributed by atoms with Gasteiger partial charge in [0.15, 0.2) is 0 Å². The summed E-state index contributed by atoms with van der Waals surface area (Å²) in [6, 6.07) is 6.46. The molecule has 2 unspecified atom stereocenters. The Hall–Kier alpha value is -1.88. The van der Waals surface area contributed by atoms with Gasteiger partial charge in [-0.05, 0) is 30.0 Å². The van der Waals surface area contributed by atoms with E-state index < -0.39 is 17.9 Å². The Kier molecular flexibility index (Phi) is 5.51. The first-order valence-corrected chi connectivity index (χ1v) is 6.32. The van der Waals surface area contributed by atoms with Crippen molar-refractivity contribution in [3.8, 4) is 0 Å². The predicted octanol–water partition coefficient (Wildman–Crippen LogP) is 1.94. The van der Waals surface area contributed by atoms with Crippen molar-refractivity contribution >= 4 is 17.6 Å². The second-order valence-corrected chi connectivity index (χ2v) is 4.62. The third-order valence-corrected chi connectivity index (χ3v) is 3.09. The van der Waals surface area contributed by atoms with Crippen LogP contribution in [0.3, 0.4) is 0 Å². The molecule has 19 heavy (non-hydrogen) atoms. The number of nitrogens with one attached hydrogen (secondary N) is 1. The summed E-state index contributed by atoms with van der Waals surface area (Å²) >= 11 is 0. The molecule has 0 aliphatic rings. The molecule has 0 saturated carbocycles.